The van der Waals surface area contributed by atoms with Crippen LogP contribution < -0.4 is 5.32 Å². The number of carbonyl (C=O) groups excluding carboxylic acids is 1. The average Bonchev–Trinajstić information content (AvgIpc) is 2.86. The van der Waals surface area contributed by atoms with Crippen molar-refractivity contribution in [2.75, 3.05) is 6.61 Å². The lowest BCUT2D eigenvalue weighted by atomic mass is 10.1. The van der Waals surface area contributed by atoms with Gasteiger partial charge in [0.25, 0.3) is 0 Å². The van der Waals surface area contributed by atoms with E-state index in [4.69, 9.17) is 0 Å². The Bertz CT molecular complexity index is 541. The van der Waals surface area contributed by atoms with Crippen molar-refractivity contribution in [3.63, 3.8) is 0 Å². The van der Waals surface area contributed by atoms with Gasteiger partial charge in [-0.25, -0.2) is 0 Å². The molecule has 4 nitrogen and oxygen atoms in total. The Balaban J connectivity index is 3.78. The normalized spacial score (nSPS) is 13.8. The molecule has 0 rings (SSSR count). The van der Waals surface area contributed by atoms with Crippen LogP contribution in [0.1, 0.15) is 136 Å². The fourth-order valence-electron chi connectivity index (χ4n) is 4.01. The molecule has 0 aliphatic heterocycles. The molecule has 0 heterocycles. The van der Waals surface area contributed by atoms with E-state index in [0.29, 0.717) is 6.42 Å². The zero-order valence-electron chi connectivity index (χ0n) is 23.1. The molecular formula is C31H57NO3. The monoisotopic (exact) mass is 491 g/mol. The van der Waals surface area contributed by atoms with Crippen LogP contribution in [0.25, 0.3) is 0 Å². The zero-order valence-corrected chi connectivity index (χ0v) is 23.1. The van der Waals surface area contributed by atoms with Crippen LogP contribution >= 0.6 is 0 Å². The van der Waals surface area contributed by atoms with Crippen molar-refractivity contribution in [3.8, 4) is 0 Å². The highest BCUT2D eigenvalue weighted by Gasteiger charge is 2.17. The predicted octanol–water partition coefficient (Wildman–Crippen LogP) is 7.94. The van der Waals surface area contributed by atoms with Crippen LogP contribution in [-0.4, -0.2) is 34.9 Å². The molecule has 204 valence electrons. The van der Waals surface area contributed by atoms with Gasteiger partial charge in [-0.1, -0.05) is 108 Å². The molecule has 1 amide bonds. The number of nitrogens with one attached hydrogen (secondary N) is 1. The third kappa shape index (κ3) is 24.1. The summed E-state index contributed by atoms with van der Waals surface area (Å²) in [7, 11) is 0. The first-order valence-corrected chi connectivity index (χ1v) is 14.7. The second-order valence-electron chi connectivity index (χ2n) is 9.80. The lowest BCUT2D eigenvalue weighted by Gasteiger charge is -2.19. The quantitative estimate of drug-likeness (QED) is 0.0896. The van der Waals surface area contributed by atoms with Gasteiger partial charge in [0.15, 0.2) is 0 Å². The van der Waals surface area contributed by atoms with Gasteiger partial charge in [0.05, 0.1) is 18.8 Å². The molecule has 0 aromatic heterocycles. The van der Waals surface area contributed by atoms with Gasteiger partial charge in [0, 0.05) is 6.42 Å². The van der Waals surface area contributed by atoms with E-state index in [1.807, 2.05) is 6.08 Å². The highest BCUT2D eigenvalue weighted by atomic mass is 16.3. The number of hydrogen-bond acceptors (Lipinski definition) is 3. The van der Waals surface area contributed by atoms with Gasteiger partial charge >= 0.3 is 0 Å². The second kappa shape index (κ2) is 27.2. The number of allylic oxidation sites excluding steroid dienone is 5. The van der Waals surface area contributed by atoms with Gasteiger partial charge in [-0.2, -0.15) is 0 Å². The van der Waals surface area contributed by atoms with E-state index in [1.165, 1.54) is 70.6 Å². The van der Waals surface area contributed by atoms with Gasteiger partial charge < -0.3 is 15.5 Å². The van der Waals surface area contributed by atoms with E-state index >= 15 is 0 Å². The molecule has 0 fully saturated rings. The summed E-state index contributed by atoms with van der Waals surface area (Å²) in [5.74, 6) is -0.0962. The van der Waals surface area contributed by atoms with Crippen LogP contribution in [-0.2, 0) is 4.79 Å². The number of rotatable bonds is 25. The van der Waals surface area contributed by atoms with E-state index < -0.39 is 12.1 Å². The molecule has 3 N–H and O–H groups in total. The maximum Gasteiger partial charge on any atom is 0.220 e. The fraction of sp³-hybridized carbons (Fsp3) is 0.774. The van der Waals surface area contributed by atoms with Crippen LogP contribution in [0, 0.1) is 0 Å². The number of unbranched alkanes of at least 4 members (excludes halogenated alkanes) is 14. The molecule has 0 aliphatic carbocycles. The molecule has 0 saturated carbocycles. The molecule has 0 spiro atoms. The molecule has 2 unspecified atom stereocenters. The number of carbonyl (C=O) groups is 1. The minimum absolute atomic E-state index is 0.0962. The Hall–Kier alpha value is -1.39. The summed E-state index contributed by atoms with van der Waals surface area (Å²) in [6.45, 7) is 4.21. The number of aliphatic hydroxyl groups is 2. The highest BCUT2D eigenvalue weighted by molar-refractivity contribution is 5.76. The first-order valence-electron chi connectivity index (χ1n) is 14.7. The van der Waals surface area contributed by atoms with Gasteiger partial charge in [-0.15, -0.1) is 0 Å². The van der Waals surface area contributed by atoms with Crippen LogP contribution in [0.3, 0.4) is 0 Å². The zero-order chi connectivity index (χ0) is 25.8. The van der Waals surface area contributed by atoms with Crippen molar-refractivity contribution >= 4 is 5.91 Å². The summed E-state index contributed by atoms with van der Waals surface area (Å²) < 4.78 is 0. The first kappa shape index (κ1) is 33.6. The lowest BCUT2D eigenvalue weighted by Crippen LogP contribution is -2.45. The Morgan fingerprint density at radius 3 is 1.69 bits per heavy atom. The molecular weight excluding hydrogens is 434 g/mol. The summed E-state index contributed by atoms with van der Waals surface area (Å²) in [6, 6.07) is -0.641. The largest absolute Gasteiger partial charge is 0.394 e. The molecule has 35 heavy (non-hydrogen) atoms. The Kier molecular flexibility index (Phi) is 26.1. The number of aliphatic hydroxyl groups excluding tert-OH is 2. The Morgan fingerprint density at radius 1 is 0.657 bits per heavy atom. The van der Waals surface area contributed by atoms with E-state index in [0.717, 1.165) is 44.9 Å². The first-order chi connectivity index (χ1) is 17.2. The lowest BCUT2D eigenvalue weighted by molar-refractivity contribution is -0.123. The van der Waals surface area contributed by atoms with E-state index in [9.17, 15) is 15.0 Å². The van der Waals surface area contributed by atoms with Crippen LogP contribution in [0.15, 0.2) is 36.5 Å². The third-order valence-corrected chi connectivity index (χ3v) is 6.35. The van der Waals surface area contributed by atoms with E-state index in [2.05, 4.69) is 43.5 Å². The molecule has 0 saturated heterocycles. The standard InChI is InChI=1S/C31H57NO3/c1-3-5-7-9-11-13-15-16-17-19-21-23-25-27-31(35)32-29(28-33)30(34)26-24-22-20-18-14-12-10-8-6-4-2/h14,16-18,24,26,29-30,33-34H,3-13,15,19-23,25,27-28H2,1-2H3,(H,32,35)/b17-16-,18-14+,26-24+. The van der Waals surface area contributed by atoms with E-state index in [-0.39, 0.29) is 12.5 Å². The molecule has 4 heteroatoms. The minimum Gasteiger partial charge on any atom is -0.394 e. The molecule has 0 aliphatic rings. The third-order valence-electron chi connectivity index (χ3n) is 6.35. The summed E-state index contributed by atoms with van der Waals surface area (Å²) in [4.78, 5) is 12.2. The summed E-state index contributed by atoms with van der Waals surface area (Å²) in [5.41, 5.74) is 0. The van der Waals surface area contributed by atoms with Crippen molar-refractivity contribution in [2.24, 2.45) is 0 Å². The molecule has 2 atom stereocenters. The van der Waals surface area contributed by atoms with Crippen molar-refractivity contribution < 1.29 is 15.0 Å². The topological polar surface area (TPSA) is 69.6 Å². The van der Waals surface area contributed by atoms with Gasteiger partial charge in [0.2, 0.25) is 5.91 Å². The van der Waals surface area contributed by atoms with Crippen LogP contribution in [0.4, 0.5) is 0 Å². The van der Waals surface area contributed by atoms with Crippen LogP contribution in [0.2, 0.25) is 0 Å². The maximum atomic E-state index is 12.2. The summed E-state index contributed by atoms with van der Waals surface area (Å²) in [6.07, 6.45) is 33.6. The molecule has 0 aromatic carbocycles. The van der Waals surface area contributed by atoms with Crippen molar-refractivity contribution in [1.29, 1.82) is 0 Å². The summed E-state index contributed by atoms with van der Waals surface area (Å²) in [5, 5.41) is 22.6. The van der Waals surface area contributed by atoms with Crippen molar-refractivity contribution in [2.45, 2.75) is 148 Å². The number of amides is 1. The van der Waals surface area contributed by atoms with E-state index in [1.54, 1.807) is 6.08 Å². The average molecular weight is 492 g/mol. The van der Waals surface area contributed by atoms with Crippen molar-refractivity contribution in [1.82, 2.24) is 5.32 Å². The smallest absolute Gasteiger partial charge is 0.220 e. The van der Waals surface area contributed by atoms with Gasteiger partial charge in [-0.05, 0) is 57.8 Å². The second-order valence-corrected chi connectivity index (χ2v) is 9.80. The summed E-state index contributed by atoms with van der Waals surface area (Å²) >= 11 is 0. The minimum atomic E-state index is -0.862. The molecule has 0 aromatic rings. The Morgan fingerprint density at radius 2 is 1.11 bits per heavy atom. The van der Waals surface area contributed by atoms with Gasteiger partial charge in [-0.3, -0.25) is 4.79 Å². The Labute approximate surface area is 217 Å². The highest BCUT2D eigenvalue weighted by Crippen LogP contribution is 2.09. The predicted molar refractivity (Wildman–Crippen MR) is 152 cm³/mol. The van der Waals surface area contributed by atoms with Gasteiger partial charge in [0.1, 0.15) is 0 Å². The SMILES string of the molecule is CCCCCC/C=C/CC/C=C/C(O)C(CO)NC(=O)CCCCC/C=C\CCCCCCCC. The molecule has 0 radical (unpaired) electrons. The van der Waals surface area contributed by atoms with Crippen molar-refractivity contribution in [3.05, 3.63) is 36.5 Å². The number of hydrogen-bond donors (Lipinski definition) is 3. The molecule has 0 bridgehead atoms. The fourth-order valence-corrected chi connectivity index (χ4v) is 4.01. The van der Waals surface area contributed by atoms with Crippen LogP contribution in [0.5, 0.6) is 0 Å². The maximum absolute atomic E-state index is 12.2.